The molecule has 2 aromatic rings. The summed E-state index contributed by atoms with van der Waals surface area (Å²) in [4.78, 5) is 20.9. The van der Waals surface area contributed by atoms with Gasteiger partial charge in [0.15, 0.2) is 0 Å². The molecule has 1 heterocycles. The summed E-state index contributed by atoms with van der Waals surface area (Å²) in [5.74, 6) is 0.0666. The molecule has 0 fully saturated rings. The van der Waals surface area contributed by atoms with Crippen molar-refractivity contribution in [1.29, 1.82) is 0 Å². The molecule has 1 N–H and O–H groups in total. The number of methoxy groups -OCH3 is 1. The van der Waals surface area contributed by atoms with Gasteiger partial charge in [0.25, 0.3) is 5.91 Å². The van der Waals surface area contributed by atoms with Crippen molar-refractivity contribution >= 4 is 23.4 Å². The minimum atomic E-state index is -0.293. The van der Waals surface area contributed by atoms with Crippen LogP contribution in [0.3, 0.4) is 0 Å². The molecule has 98 valence electrons. The maximum absolute atomic E-state index is 12.0. The minimum Gasteiger partial charge on any atom is -0.481 e. The quantitative estimate of drug-likeness (QED) is 0.868. The Morgan fingerprint density at radius 1 is 1.32 bits per heavy atom. The third-order valence-electron chi connectivity index (χ3n) is 2.41. The van der Waals surface area contributed by atoms with E-state index in [2.05, 4.69) is 15.3 Å². The lowest BCUT2D eigenvalue weighted by molar-refractivity contribution is 0.102. The van der Waals surface area contributed by atoms with E-state index in [9.17, 15) is 4.79 Å². The molecule has 0 bridgehead atoms. The number of carbonyl (C=O) groups is 1. The average molecular weight is 275 g/mol. The maximum atomic E-state index is 12.0. The zero-order valence-electron chi connectivity index (χ0n) is 10.6. The van der Waals surface area contributed by atoms with Crippen LogP contribution < -0.4 is 10.1 Å². The van der Waals surface area contributed by atoms with E-state index in [4.69, 9.17) is 4.74 Å². The van der Waals surface area contributed by atoms with E-state index in [1.807, 2.05) is 30.5 Å². The average Bonchev–Trinajstić information content (AvgIpc) is 2.47. The number of nitrogens with zero attached hydrogens (tertiary/aromatic N) is 2. The number of hydrogen-bond acceptors (Lipinski definition) is 5. The first kappa shape index (κ1) is 13.4. The number of ether oxygens (including phenoxy) is 1. The number of anilines is 1. The van der Waals surface area contributed by atoms with Crippen LogP contribution in [0.15, 0.2) is 41.6 Å². The molecule has 1 aromatic carbocycles. The van der Waals surface area contributed by atoms with Crippen molar-refractivity contribution in [1.82, 2.24) is 9.97 Å². The lowest BCUT2D eigenvalue weighted by Crippen LogP contribution is -2.14. The SMILES string of the molecule is COc1cc(C(=O)Nc2cccc(SC)c2)ncn1. The molecule has 0 aliphatic heterocycles. The molecular formula is C13H13N3O2S. The van der Waals surface area contributed by atoms with Crippen molar-refractivity contribution in [2.24, 2.45) is 0 Å². The lowest BCUT2D eigenvalue weighted by Gasteiger charge is -2.06. The Balaban J connectivity index is 2.15. The fourth-order valence-electron chi connectivity index (χ4n) is 1.47. The Morgan fingerprint density at radius 3 is 2.89 bits per heavy atom. The van der Waals surface area contributed by atoms with Gasteiger partial charge in [-0.05, 0) is 24.5 Å². The number of benzene rings is 1. The second-order valence-electron chi connectivity index (χ2n) is 3.63. The van der Waals surface area contributed by atoms with Crippen LogP contribution in [-0.2, 0) is 0 Å². The van der Waals surface area contributed by atoms with Gasteiger partial charge in [0, 0.05) is 16.6 Å². The van der Waals surface area contributed by atoms with E-state index < -0.39 is 0 Å². The highest BCUT2D eigenvalue weighted by molar-refractivity contribution is 7.98. The van der Waals surface area contributed by atoms with Gasteiger partial charge in [-0.25, -0.2) is 9.97 Å². The molecule has 1 aromatic heterocycles. The minimum absolute atomic E-state index is 0.265. The summed E-state index contributed by atoms with van der Waals surface area (Å²) in [6.45, 7) is 0. The third-order valence-corrected chi connectivity index (χ3v) is 3.14. The molecule has 5 nitrogen and oxygen atoms in total. The van der Waals surface area contributed by atoms with E-state index in [-0.39, 0.29) is 11.6 Å². The first-order valence-electron chi connectivity index (χ1n) is 5.54. The maximum Gasteiger partial charge on any atom is 0.274 e. The summed E-state index contributed by atoms with van der Waals surface area (Å²) >= 11 is 1.62. The molecule has 19 heavy (non-hydrogen) atoms. The predicted molar refractivity (Wildman–Crippen MR) is 74.8 cm³/mol. The monoisotopic (exact) mass is 275 g/mol. The van der Waals surface area contributed by atoms with Crippen LogP contribution in [0, 0.1) is 0 Å². The van der Waals surface area contributed by atoms with Crippen molar-refractivity contribution in [3.8, 4) is 5.88 Å². The molecule has 0 unspecified atom stereocenters. The van der Waals surface area contributed by atoms with Crippen molar-refractivity contribution < 1.29 is 9.53 Å². The molecule has 0 spiro atoms. The number of aromatic nitrogens is 2. The van der Waals surface area contributed by atoms with Crippen LogP contribution in [0.4, 0.5) is 5.69 Å². The number of thioether (sulfide) groups is 1. The highest BCUT2D eigenvalue weighted by Gasteiger charge is 2.09. The summed E-state index contributed by atoms with van der Waals surface area (Å²) in [6, 6.07) is 9.10. The molecule has 0 saturated carbocycles. The van der Waals surface area contributed by atoms with Crippen LogP contribution in [-0.4, -0.2) is 29.2 Å². The Hall–Kier alpha value is -2.08. The van der Waals surface area contributed by atoms with Crippen LogP contribution >= 0.6 is 11.8 Å². The van der Waals surface area contributed by atoms with Gasteiger partial charge in [-0.15, -0.1) is 11.8 Å². The van der Waals surface area contributed by atoms with Gasteiger partial charge in [0.2, 0.25) is 5.88 Å². The van der Waals surface area contributed by atoms with Crippen LogP contribution in [0.1, 0.15) is 10.5 Å². The van der Waals surface area contributed by atoms with Crippen molar-refractivity contribution in [2.75, 3.05) is 18.7 Å². The Bertz CT molecular complexity index is 590. The number of rotatable bonds is 4. The van der Waals surface area contributed by atoms with E-state index >= 15 is 0 Å². The first-order valence-corrected chi connectivity index (χ1v) is 6.77. The van der Waals surface area contributed by atoms with E-state index in [0.29, 0.717) is 5.88 Å². The Kier molecular flexibility index (Phi) is 4.35. The fraction of sp³-hybridized carbons (Fsp3) is 0.154. The smallest absolute Gasteiger partial charge is 0.274 e. The number of nitrogens with one attached hydrogen (secondary N) is 1. The second kappa shape index (κ2) is 6.19. The predicted octanol–water partition coefficient (Wildman–Crippen LogP) is 2.46. The Labute approximate surface area is 115 Å². The van der Waals surface area contributed by atoms with Crippen molar-refractivity contribution in [2.45, 2.75) is 4.90 Å². The number of carbonyl (C=O) groups excluding carboxylic acids is 1. The fourth-order valence-corrected chi connectivity index (χ4v) is 1.93. The Morgan fingerprint density at radius 2 is 2.16 bits per heavy atom. The normalized spacial score (nSPS) is 10.0. The summed E-state index contributed by atoms with van der Waals surface area (Å²) in [6.07, 6.45) is 3.28. The van der Waals surface area contributed by atoms with Gasteiger partial charge >= 0.3 is 0 Å². The zero-order chi connectivity index (χ0) is 13.7. The molecule has 0 atom stereocenters. The van der Waals surface area contributed by atoms with Gasteiger partial charge in [-0.1, -0.05) is 6.07 Å². The van der Waals surface area contributed by atoms with Crippen LogP contribution in [0.2, 0.25) is 0 Å². The molecule has 0 saturated heterocycles. The van der Waals surface area contributed by atoms with Gasteiger partial charge in [-0.2, -0.15) is 0 Å². The van der Waals surface area contributed by atoms with Gasteiger partial charge in [0.05, 0.1) is 7.11 Å². The molecule has 2 rings (SSSR count). The molecule has 0 aliphatic rings. The second-order valence-corrected chi connectivity index (χ2v) is 4.51. The van der Waals surface area contributed by atoms with Gasteiger partial charge < -0.3 is 10.1 Å². The largest absolute Gasteiger partial charge is 0.481 e. The van der Waals surface area contributed by atoms with Crippen LogP contribution in [0.25, 0.3) is 0 Å². The highest BCUT2D eigenvalue weighted by atomic mass is 32.2. The molecule has 0 radical (unpaired) electrons. The van der Waals surface area contributed by atoms with Crippen molar-refractivity contribution in [3.05, 3.63) is 42.4 Å². The third kappa shape index (κ3) is 3.45. The first-order chi connectivity index (χ1) is 9.22. The number of amides is 1. The summed E-state index contributed by atoms with van der Waals surface area (Å²) < 4.78 is 4.96. The lowest BCUT2D eigenvalue weighted by atomic mass is 10.3. The zero-order valence-corrected chi connectivity index (χ0v) is 11.4. The molecule has 6 heteroatoms. The van der Waals surface area contributed by atoms with Gasteiger partial charge in [0.1, 0.15) is 12.0 Å². The van der Waals surface area contributed by atoms with Gasteiger partial charge in [-0.3, -0.25) is 4.79 Å². The van der Waals surface area contributed by atoms with E-state index in [1.54, 1.807) is 11.8 Å². The number of hydrogen-bond donors (Lipinski definition) is 1. The van der Waals surface area contributed by atoms with Crippen molar-refractivity contribution in [3.63, 3.8) is 0 Å². The standard InChI is InChI=1S/C13H13N3O2S/c1-18-12-7-11(14-8-15-12)13(17)16-9-4-3-5-10(6-9)19-2/h3-8H,1-2H3,(H,16,17). The summed E-state index contributed by atoms with van der Waals surface area (Å²) in [5, 5.41) is 2.79. The molecular weight excluding hydrogens is 262 g/mol. The van der Waals surface area contributed by atoms with E-state index in [1.165, 1.54) is 19.5 Å². The van der Waals surface area contributed by atoms with Crippen LogP contribution in [0.5, 0.6) is 5.88 Å². The van der Waals surface area contributed by atoms with E-state index in [0.717, 1.165) is 10.6 Å². The summed E-state index contributed by atoms with van der Waals surface area (Å²) in [7, 11) is 1.49. The topological polar surface area (TPSA) is 64.1 Å². The highest BCUT2D eigenvalue weighted by Crippen LogP contribution is 2.19. The summed E-state index contributed by atoms with van der Waals surface area (Å²) in [5.41, 5.74) is 0.996. The molecule has 1 amide bonds. The molecule has 0 aliphatic carbocycles.